The summed E-state index contributed by atoms with van der Waals surface area (Å²) in [5.41, 5.74) is 3.04. The Labute approximate surface area is 159 Å². The van der Waals surface area contributed by atoms with Gasteiger partial charge >= 0.3 is 0 Å². The Kier molecular flexibility index (Phi) is 5.82. The van der Waals surface area contributed by atoms with Gasteiger partial charge in [-0.3, -0.25) is 9.48 Å². The van der Waals surface area contributed by atoms with Crippen LogP contribution >= 0.6 is 35.1 Å². The van der Waals surface area contributed by atoms with Gasteiger partial charge in [0.15, 0.2) is 5.82 Å². The van der Waals surface area contributed by atoms with Crippen LogP contribution in [0.2, 0.25) is 0 Å². The largest absolute Gasteiger partial charge is 0.305 e. The van der Waals surface area contributed by atoms with Crippen LogP contribution in [0.4, 0.5) is 5.82 Å². The van der Waals surface area contributed by atoms with Crippen molar-refractivity contribution in [3.05, 3.63) is 53.2 Å². The number of anilines is 1. The normalized spacial score (nSPS) is 10.8. The third-order valence-electron chi connectivity index (χ3n) is 3.58. The summed E-state index contributed by atoms with van der Waals surface area (Å²) >= 11 is 4.37. The van der Waals surface area contributed by atoms with Crippen LogP contribution in [0, 0.1) is 6.92 Å². The van der Waals surface area contributed by atoms with E-state index in [2.05, 4.69) is 46.0 Å². The molecule has 1 amide bonds. The van der Waals surface area contributed by atoms with E-state index in [-0.39, 0.29) is 5.91 Å². The summed E-state index contributed by atoms with van der Waals surface area (Å²) in [6.07, 6.45) is 5.74. The zero-order chi connectivity index (χ0) is 17.8. The van der Waals surface area contributed by atoms with Crippen LogP contribution in [0.25, 0.3) is 0 Å². The summed E-state index contributed by atoms with van der Waals surface area (Å²) in [6, 6.07) is 10.1. The number of rotatable bonds is 6. The molecule has 0 bridgehead atoms. The number of carbonyl (C=O) groups is 1. The number of aryl methyl sites for hydroxylation is 1. The monoisotopic (exact) mass is 390 g/mol. The second-order valence-corrected chi connectivity index (χ2v) is 8.04. The minimum atomic E-state index is -0.164. The number of aromatic nitrogens is 3. The molecule has 2 heterocycles. The van der Waals surface area contributed by atoms with Gasteiger partial charge in [-0.15, -0.1) is 23.5 Å². The lowest BCUT2D eigenvalue weighted by molar-refractivity contribution is 0.102. The molecule has 0 unspecified atom stereocenters. The highest BCUT2D eigenvalue weighted by atomic mass is 32.2. The van der Waals surface area contributed by atoms with Crippen molar-refractivity contribution in [2.75, 3.05) is 17.8 Å². The molecule has 1 aromatic carbocycles. The molecular weight excluding hydrogens is 372 g/mol. The van der Waals surface area contributed by atoms with Gasteiger partial charge < -0.3 is 5.32 Å². The van der Waals surface area contributed by atoms with Gasteiger partial charge in [0, 0.05) is 12.3 Å². The third-order valence-corrected chi connectivity index (χ3v) is 6.32. The van der Waals surface area contributed by atoms with E-state index < -0.39 is 0 Å². The van der Waals surface area contributed by atoms with Crippen molar-refractivity contribution in [2.24, 2.45) is 0 Å². The zero-order valence-electron chi connectivity index (χ0n) is 14.1. The molecule has 0 spiro atoms. The van der Waals surface area contributed by atoms with Gasteiger partial charge in [-0.2, -0.15) is 9.47 Å². The molecule has 0 fully saturated rings. The molecule has 0 aliphatic heterocycles. The van der Waals surface area contributed by atoms with Gasteiger partial charge in [0.25, 0.3) is 5.91 Å². The molecular formula is C17H18N4OS3. The Balaban J connectivity index is 1.72. The van der Waals surface area contributed by atoms with E-state index >= 15 is 0 Å². The van der Waals surface area contributed by atoms with Crippen molar-refractivity contribution in [2.45, 2.75) is 22.7 Å². The molecule has 0 radical (unpaired) electrons. The lowest BCUT2D eigenvalue weighted by atomic mass is 10.1. The van der Waals surface area contributed by atoms with Crippen molar-refractivity contribution in [3.63, 3.8) is 0 Å². The van der Waals surface area contributed by atoms with Gasteiger partial charge in [-0.05, 0) is 36.5 Å². The van der Waals surface area contributed by atoms with E-state index in [4.69, 9.17) is 0 Å². The number of thioether (sulfide) groups is 2. The molecule has 8 heteroatoms. The maximum absolute atomic E-state index is 12.6. The molecule has 25 heavy (non-hydrogen) atoms. The van der Waals surface area contributed by atoms with E-state index in [1.54, 1.807) is 0 Å². The van der Waals surface area contributed by atoms with Gasteiger partial charge in [-0.25, -0.2) is 0 Å². The topological polar surface area (TPSA) is 59.8 Å². The fourth-order valence-corrected chi connectivity index (χ4v) is 4.59. The summed E-state index contributed by atoms with van der Waals surface area (Å²) < 4.78 is 7.07. The molecule has 0 aliphatic carbocycles. The summed E-state index contributed by atoms with van der Waals surface area (Å²) in [6.45, 7) is 2.73. The maximum atomic E-state index is 12.6. The fraction of sp³-hybridized carbons (Fsp3) is 0.235. The van der Waals surface area contributed by atoms with E-state index in [9.17, 15) is 4.79 Å². The molecule has 0 saturated carbocycles. The number of nitrogens with zero attached hydrogens (tertiary/aromatic N) is 3. The summed E-state index contributed by atoms with van der Waals surface area (Å²) in [5, 5.41) is 8.08. The number of nitrogens with one attached hydrogen (secondary N) is 1. The highest BCUT2D eigenvalue weighted by Crippen LogP contribution is 2.33. The Morgan fingerprint density at radius 2 is 1.96 bits per heavy atom. The quantitative estimate of drug-likeness (QED) is 0.633. The molecule has 2 aromatic heterocycles. The Morgan fingerprint density at radius 1 is 1.20 bits per heavy atom. The first kappa shape index (κ1) is 18.0. The highest BCUT2D eigenvalue weighted by Gasteiger charge is 2.20. The first-order valence-corrected chi connectivity index (χ1v) is 10.8. The first-order valence-electron chi connectivity index (χ1n) is 7.58. The van der Waals surface area contributed by atoms with Crippen LogP contribution < -0.4 is 5.32 Å². The van der Waals surface area contributed by atoms with E-state index in [0.717, 1.165) is 9.24 Å². The molecule has 0 saturated heterocycles. The number of carbonyl (C=O) groups excluding carboxylic acids is 1. The molecule has 0 aliphatic rings. The third kappa shape index (κ3) is 4.26. The number of amides is 1. The van der Waals surface area contributed by atoms with Crippen LogP contribution in [-0.4, -0.2) is 32.6 Å². The van der Waals surface area contributed by atoms with Crippen LogP contribution in [-0.2, 0) is 6.54 Å². The predicted molar refractivity (Wildman–Crippen MR) is 106 cm³/mol. The van der Waals surface area contributed by atoms with Crippen molar-refractivity contribution in [3.8, 4) is 0 Å². The Bertz CT molecular complexity index is 849. The first-order chi connectivity index (χ1) is 12.1. The lowest BCUT2D eigenvalue weighted by Gasteiger charge is -2.04. The number of benzene rings is 1. The molecule has 130 valence electrons. The minimum absolute atomic E-state index is 0.164. The Morgan fingerprint density at radius 3 is 2.64 bits per heavy atom. The summed E-state index contributed by atoms with van der Waals surface area (Å²) in [4.78, 5) is 12.6. The zero-order valence-corrected chi connectivity index (χ0v) is 16.6. The van der Waals surface area contributed by atoms with E-state index in [1.807, 2.05) is 29.5 Å². The number of hydrogen-bond acceptors (Lipinski definition) is 6. The SMILES string of the molecule is CSc1nsc(SC)c1C(=O)Nc1ccn(Cc2ccc(C)cc2)n1. The Hall–Kier alpha value is -1.77. The average molecular weight is 391 g/mol. The fourth-order valence-electron chi connectivity index (χ4n) is 2.31. The molecule has 0 atom stereocenters. The van der Waals surface area contributed by atoms with Crippen LogP contribution in [0.5, 0.6) is 0 Å². The second kappa shape index (κ2) is 8.07. The number of hydrogen-bond donors (Lipinski definition) is 1. The van der Waals surface area contributed by atoms with Crippen molar-refractivity contribution >= 4 is 46.8 Å². The van der Waals surface area contributed by atoms with Gasteiger partial charge in [0.1, 0.15) is 5.03 Å². The summed E-state index contributed by atoms with van der Waals surface area (Å²) in [7, 11) is 0. The molecule has 1 N–H and O–H groups in total. The van der Waals surface area contributed by atoms with Crippen molar-refractivity contribution < 1.29 is 4.79 Å². The lowest BCUT2D eigenvalue weighted by Crippen LogP contribution is -2.14. The average Bonchev–Trinajstić information content (AvgIpc) is 3.23. The minimum Gasteiger partial charge on any atom is -0.305 e. The second-order valence-electron chi connectivity index (χ2n) is 5.40. The van der Waals surface area contributed by atoms with E-state index in [1.165, 1.54) is 46.2 Å². The van der Waals surface area contributed by atoms with Gasteiger partial charge in [0.2, 0.25) is 0 Å². The van der Waals surface area contributed by atoms with Crippen LogP contribution in [0.15, 0.2) is 45.8 Å². The highest BCUT2D eigenvalue weighted by molar-refractivity contribution is 8.01. The van der Waals surface area contributed by atoms with Crippen LogP contribution in [0.3, 0.4) is 0 Å². The van der Waals surface area contributed by atoms with Crippen molar-refractivity contribution in [1.82, 2.24) is 14.2 Å². The molecule has 3 aromatic rings. The molecule has 3 rings (SSSR count). The van der Waals surface area contributed by atoms with Crippen LogP contribution in [0.1, 0.15) is 21.5 Å². The van der Waals surface area contributed by atoms with E-state index in [0.29, 0.717) is 17.9 Å². The maximum Gasteiger partial charge on any atom is 0.261 e. The predicted octanol–water partition coefficient (Wildman–Crippen LogP) is 4.39. The van der Waals surface area contributed by atoms with Gasteiger partial charge in [0.05, 0.1) is 16.3 Å². The standard InChI is InChI=1S/C17H18N4OS3/c1-11-4-6-12(7-5-11)10-21-9-8-13(19-21)18-15(22)14-16(23-2)20-25-17(14)24-3/h4-9H,10H2,1-3H3,(H,18,19,22). The van der Waals surface area contributed by atoms with Gasteiger partial charge in [-0.1, -0.05) is 29.8 Å². The molecule has 5 nitrogen and oxygen atoms in total. The van der Waals surface area contributed by atoms with Crippen molar-refractivity contribution in [1.29, 1.82) is 0 Å². The summed E-state index contributed by atoms with van der Waals surface area (Å²) in [5.74, 6) is 0.380. The smallest absolute Gasteiger partial charge is 0.261 e.